The van der Waals surface area contributed by atoms with Crippen LogP contribution in [0.25, 0.3) is 16.0 Å². The lowest BCUT2D eigenvalue weighted by molar-refractivity contribution is -0.132. The van der Waals surface area contributed by atoms with Crippen LogP contribution in [-0.2, 0) is 9.59 Å². The van der Waals surface area contributed by atoms with Gasteiger partial charge in [-0.05, 0) is 42.0 Å². The minimum Gasteiger partial charge on any atom is -0.508 e. The van der Waals surface area contributed by atoms with Gasteiger partial charge in [-0.3, -0.25) is 14.5 Å². The molecule has 3 aromatic carbocycles. The highest BCUT2D eigenvalue weighted by atomic mass is 35.5. The molecule has 0 spiro atoms. The number of benzene rings is 3. The van der Waals surface area contributed by atoms with Gasteiger partial charge >= 0.3 is 5.91 Å². The molecular weight excluding hydrogens is 514 g/mol. The number of hydrogen-bond acceptors (Lipinski definition) is 7. The maximum atomic E-state index is 14.3. The average Bonchev–Trinajstić information content (AvgIpc) is 3.38. The molecule has 4 aromatic rings. The Kier molecular flexibility index (Phi) is 5.85. The van der Waals surface area contributed by atoms with Crippen LogP contribution in [0.3, 0.4) is 0 Å². The number of nitrogens with zero attached hydrogens (tertiary/aromatic N) is 2. The molecule has 1 unspecified atom stereocenters. The number of rotatable bonds is 4. The second-order valence-electron chi connectivity index (χ2n) is 7.84. The number of phenolic OH excluding ortho intramolecular Hbond substituents is 1. The molecule has 2 heterocycles. The zero-order valence-corrected chi connectivity index (χ0v) is 19.9. The van der Waals surface area contributed by atoms with Crippen LogP contribution in [0, 0.1) is 11.6 Å². The van der Waals surface area contributed by atoms with E-state index in [1.54, 1.807) is 0 Å². The van der Waals surface area contributed by atoms with E-state index < -0.39 is 35.1 Å². The largest absolute Gasteiger partial charge is 0.508 e. The second kappa shape index (κ2) is 8.89. The normalized spacial score (nSPS) is 17.2. The van der Waals surface area contributed by atoms with Gasteiger partial charge in [-0.2, -0.15) is 0 Å². The number of anilines is 1. The van der Waals surface area contributed by atoms with Gasteiger partial charge in [0.2, 0.25) is 0 Å². The van der Waals surface area contributed by atoms with Gasteiger partial charge in [-0.1, -0.05) is 35.1 Å². The molecule has 0 bridgehead atoms. The fourth-order valence-electron chi connectivity index (χ4n) is 4.02. The van der Waals surface area contributed by atoms with Crippen molar-refractivity contribution in [1.29, 1.82) is 0 Å². The summed E-state index contributed by atoms with van der Waals surface area (Å²) in [6.45, 7) is 0. The number of Topliss-reactive ketones (excluding diaryl/α,β-unsaturated/α-hetero) is 1. The predicted molar refractivity (Wildman–Crippen MR) is 130 cm³/mol. The van der Waals surface area contributed by atoms with Crippen LogP contribution in [0.5, 0.6) is 11.5 Å². The number of aromatic nitrogens is 1. The summed E-state index contributed by atoms with van der Waals surface area (Å²) in [7, 11) is 1.42. The van der Waals surface area contributed by atoms with E-state index in [4.69, 9.17) is 16.3 Å². The lowest BCUT2D eigenvalue weighted by atomic mass is 9.95. The number of aliphatic hydroxyl groups excluding tert-OH is 1. The number of phenols is 1. The Morgan fingerprint density at radius 3 is 2.50 bits per heavy atom. The molecule has 1 atom stereocenters. The minimum absolute atomic E-state index is 0.0600. The lowest BCUT2D eigenvalue weighted by Crippen LogP contribution is -2.29. The van der Waals surface area contributed by atoms with Crippen LogP contribution in [0.1, 0.15) is 17.2 Å². The molecule has 0 aliphatic carbocycles. The number of aromatic hydroxyl groups is 1. The van der Waals surface area contributed by atoms with Crippen LogP contribution in [0.15, 0.2) is 60.2 Å². The van der Waals surface area contributed by atoms with Gasteiger partial charge in [0.25, 0.3) is 5.78 Å². The molecule has 1 aliphatic rings. The van der Waals surface area contributed by atoms with Crippen molar-refractivity contribution in [2.24, 2.45) is 0 Å². The van der Waals surface area contributed by atoms with Crippen molar-refractivity contribution < 1.29 is 33.3 Å². The van der Waals surface area contributed by atoms with E-state index in [0.29, 0.717) is 17.4 Å². The van der Waals surface area contributed by atoms with Crippen molar-refractivity contribution in [2.75, 3.05) is 12.0 Å². The van der Waals surface area contributed by atoms with E-state index in [1.165, 1.54) is 49.6 Å². The number of ether oxygens (including phenoxy) is 1. The summed E-state index contributed by atoms with van der Waals surface area (Å²) in [5, 5.41) is 21.0. The third-order valence-electron chi connectivity index (χ3n) is 5.69. The van der Waals surface area contributed by atoms with Gasteiger partial charge in [0.1, 0.15) is 28.6 Å². The number of hydrogen-bond donors (Lipinski definition) is 2. The Morgan fingerprint density at radius 1 is 1.11 bits per heavy atom. The molecule has 1 aliphatic heterocycles. The van der Waals surface area contributed by atoms with Crippen LogP contribution < -0.4 is 9.64 Å². The van der Waals surface area contributed by atoms with Crippen molar-refractivity contribution in [3.05, 3.63) is 88.0 Å². The molecule has 1 saturated heterocycles. The first kappa shape index (κ1) is 23.7. The van der Waals surface area contributed by atoms with Crippen molar-refractivity contribution in [3.63, 3.8) is 0 Å². The van der Waals surface area contributed by atoms with E-state index in [2.05, 4.69) is 4.98 Å². The molecule has 0 saturated carbocycles. The third kappa shape index (κ3) is 3.84. The summed E-state index contributed by atoms with van der Waals surface area (Å²) in [6.07, 6.45) is 0. The van der Waals surface area contributed by atoms with Crippen LogP contribution in [0.4, 0.5) is 13.9 Å². The number of methoxy groups -OCH3 is 1. The van der Waals surface area contributed by atoms with Gasteiger partial charge in [0.05, 0.1) is 28.4 Å². The van der Waals surface area contributed by atoms with Crippen LogP contribution in [-0.4, -0.2) is 34.0 Å². The number of thiazole rings is 1. The van der Waals surface area contributed by atoms with E-state index in [-0.39, 0.29) is 37.3 Å². The van der Waals surface area contributed by atoms with Gasteiger partial charge in [0.15, 0.2) is 10.9 Å². The molecule has 5 rings (SSSR count). The van der Waals surface area contributed by atoms with Gasteiger partial charge in [-0.25, -0.2) is 13.8 Å². The third-order valence-corrected chi connectivity index (χ3v) is 6.98. The zero-order chi connectivity index (χ0) is 25.7. The maximum Gasteiger partial charge on any atom is 0.301 e. The van der Waals surface area contributed by atoms with Gasteiger partial charge < -0.3 is 14.9 Å². The fraction of sp³-hybridized carbons (Fsp3) is 0.0800. The van der Waals surface area contributed by atoms with Crippen molar-refractivity contribution in [2.45, 2.75) is 6.04 Å². The summed E-state index contributed by atoms with van der Waals surface area (Å²) in [6, 6.07) is 10.6. The number of aliphatic hydroxyl groups is 1. The molecular formula is C25H15ClF2N2O5S. The summed E-state index contributed by atoms with van der Waals surface area (Å²) in [5.41, 5.74) is 0.0848. The monoisotopic (exact) mass is 528 g/mol. The number of amides is 1. The molecule has 182 valence electrons. The SMILES string of the molecule is COc1ccc(/C(O)=C2\C(=O)C(=O)N(c3nc4c(F)cc(F)cc4s3)C2c2ccc(O)cc2)cc1Cl. The Morgan fingerprint density at radius 2 is 1.83 bits per heavy atom. The summed E-state index contributed by atoms with van der Waals surface area (Å²) in [5.74, 6) is -3.99. The molecule has 1 aromatic heterocycles. The van der Waals surface area contributed by atoms with Gasteiger partial charge in [0, 0.05) is 11.6 Å². The Hall–Kier alpha value is -4.02. The first-order valence-corrected chi connectivity index (χ1v) is 11.6. The zero-order valence-electron chi connectivity index (χ0n) is 18.3. The number of carbonyl (C=O) groups is 2. The standard InChI is InChI=1S/C25H15ClF2N2O5S/c1-35-17-7-4-12(8-15(17)26)22(32)19-21(11-2-5-14(31)6-3-11)30(24(34)23(19)33)25-29-20-16(28)9-13(27)10-18(20)36-25/h2-10,21,31-32H,1H3/b22-19+. The molecule has 1 fully saturated rings. The van der Waals surface area contributed by atoms with E-state index in [0.717, 1.165) is 22.3 Å². The van der Waals surface area contributed by atoms with E-state index in [1.807, 2.05) is 0 Å². The molecule has 0 radical (unpaired) electrons. The summed E-state index contributed by atoms with van der Waals surface area (Å²) < 4.78 is 33.4. The summed E-state index contributed by atoms with van der Waals surface area (Å²) >= 11 is 7.01. The highest BCUT2D eigenvalue weighted by molar-refractivity contribution is 7.22. The molecule has 36 heavy (non-hydrogen) atoms. The van der Waals surface area contributed by atoms with Crippen LogP contribution in [0.2, 0.25) is 5.02 Å². The molecule has 11 heteroatoms. The highest BCUT2D eigenvalue weighted by Gasteiger charge is 2.48. The van der Waals surface area contributed by atoms with Crippen molar-refractivity contribution in [1.82, 2.24) is 4.98 Å². The van der Waals surface area contributed by atoms with E-state index in [9.17, 15) is 28.6 Å². The minimum atomic E-state index is -1.18. The number of halogens is 3. The smallest absolute Gasteiger partial charge is 0.301 e. The first-order valence-electron chi connectivity index (χ1n) is 10.4. The van der Waals surface area contributed by atoms with E-state index >= 15 is 0 Å². The van der Waals surface area contributed by atoms with Crippen molar-refractivity contribution in [3.8, 4) is 11.5 Å². The Bertz CT molecular complexity index is 1590. The summed E-state index contributed by atoms with van der Waals surface area (Å²) in [4.78, 5) is 31.6. The maximum absolute atomic E-state index is 14.3. The lowest BCUT2D eigenvalue weighted by Gasteiger charge is -2.23. The number of ketones is 1. The first-order chi connectivity index (χ1) is 17.2. The predicted octanol–water partition coefficient (Wildman–Crippen LogP) is 5.57. The molecule has 1 amide bonds. The number of fused-ring (bicyclic) bond motifs is 1. The van der Waals surface area contributed by atoms with Gasteiger partial charge in [-0.15, -0.1) is 0 Å². The fourth-order valence-corrected chi connectivity index (χ4v) is 5.31. The highest BCUT2D eigenvalue weighted by Crippen LogP contribution is 2.45. The molecule has 7 nitrogen and oxygen atoms in total. The quantitative estimate of drug-likeness (QED) is 0.204. The second-order valence-corrected chi connectivity index (χ2v) is 9.26. The van der Waals surface area contributed by atoms with Crippen molar-refractivity contribution >= 4 is 55.7 Å². The average molecular weight is 529 g/mol. The Labute approximate surface area is 211 Å². The topological polar surface area (TPSA) is 100.0 Å². The number of carbonyl (C=O) groups excluding carboxylic acids is 2. The van der Waals surface area contributed by atoms with Crippen LogP contribution >= 0.6 is 22.9 Å². The molecule has 2 N–H and O–H groups in total. The Balaban J connectivity index is 1.73.